The molecule has 0 aliphatic heterocycles. The number of hydrogen-bond donors (Lipinski definition) is 3. The number of nitrogens with zero attached hydrogens (tertiary/aromatic N) is 1. The van der Waals surface area contributed by atoms with Crippen molar-refractivity contribution in [2.75, 3.05) is 6.54 Å². The number of benzene rings is 1. The Morgan fingerprint density at radius 2 is 1.79 bits per heavy atom. The maximum Gasteiger partial charge on any atom is 0.326 e. The fourth-order valence-electron chi connectivity index (χ4n) is 1.94. The first-order valence-electron chi connectivity index (χ1n) is 7.25. The molecule has 0 unspecified atom stereocenters. The fourth-order valence-corrected chi connectivity index (χ4v) is 1.94. The highest BCUT2D eigenvalue weighted by molar-refractivity contribution is 5.97. The summed E-state index contributed by atoms with van der Waals surface area (Å²) in [5.74, 6) is -2.27. The number of nitro groups is 1. The zero-order valence-electron chi connectivity index (χ0n) is 13.3. The summed E-state index contributed by atoms with van der Waals surface area (Å²) >= 11 is 0. The smallest absolute Gasteiger partial charge is 0.326 e. The number of non-ortho nitro benzene ring substituents is 1. The molecule has 1 aromatic rings. The van der Waals surface area contributed by atoms with Crippen molar-refractivity contribution in [2.45, 2.75) is 26.3 Å². The Kier molecular flexibility index (Phi) is 6.84. The van der Waals surface area contributed by atoms with Gasteiger partial charge in [0.25, 0.3) is 11.6 Å². The minimum absolute atomic E-state index is 0.0844. The van der Waals surface area contributed by atoms with Gasteiger partial charge in [-0.3, -0.25) is 19.7 Å². The molecule has 3 N–H and O–H groups in total. The Morgan fingerprint density at radius 3 is 2.25 bits per heavy atom. The van der Waals surface area contributed by atoms with Crippen molar-refractivity contribution in [2.24, 2.45) is 5.92 Å². The zero-order chi connectivity index (χ0) is 18.3. The lowest BCUT2D eigenvalue weighted by Crippen LogP contribution is -2.46. The van der Waals surface area contributed by atoms with Gasteiger partial charge in [0.2, 0.25) is 5.91 Å². The van der Waals surface area contributed by atoms with Crippen LogP contribution in [0, 0.1) is 16.0 Å². The van der Waals surface area contributed by atoms with Gasteiger partial charge in [-0.05, 0) is 24.5 Å². The van der Waals surface area contributed by atoms with Crippen LogP contribution in [0.5, 0.6) is 0 Å². The minimum atomic E-state index is -1.14. The van der Waals surface area contributed by atoms with Gasteiger partial charge in [0.05, 0.1) is 11.5 Å². The van der Waals surface area contributed by atoms with Crippen LogP contribution in [0.1, 0.15) is 30.6 Å². The highest BCUT2D eigenvalue weighted by atomic mass is 16.6. The molecule has 0 bridgehead atoms. The molecule has 0 aliphatic carbocycles. The van der Waals surface area contributed by atoms with Gasteiger partial charge in [-0.25, -0.2) is 4.79 Å². The van der Waals surface area contributed by atoms with Crippen LogP contribution >= 0.6 is 0 Å². The lowest BCUT2D eigenvalue weighted by Gasteiger charge is -2.16. The standard InChI is InChI=1S/C15H19N3O6/c1-9(2)7-12(15(21)22)17-13(19)8-16-14(20)10-3-5-11(6-4-10)18(23)24/h3-6,9,12H,7-8H2,1-2H3,(H,16,20)(H,17,19)(H,21,22)/t12-/m0/s1. The summed E-state index contributed by atoms with van der Waals surface area (Å²) < 4.78 is 0. The largest absolute Gasteiger partial charge is 0.480 e. The van der Waals surface area contributed by atoms with Crippen LogP contribution in [0.3, 0.4) is 0 Å². The molecule has 0 saturated heterocycles. The van der Waals surface area contributed by atoms with Crippen LogP contribution in [0.25, 0.3) is 0 Å². The van der Waals surface area contributed by atoms with E-state index in [9.17, 15) is 24.5 Å². The van der Waals surface area contributed by atoms with E-state index in [4.69, 9.17) is 5.11 Å². The molecule has 9 heteroatoms. The maximum atomic E-state index is 11.9. The summed E-state index contributed by atoms with van der Waals surface area (Å²) in [7, 11) is 0. The van der Waals surface area contributed by atoms with Crippen molar-refractivity contribution >= 4 is 23.5 Å². The minimum Gasteiger partial charge on any atom is -0.480 e. The molecule has 0 spiro atoms. The van der Waals surface area contributed by atoms with Crippen LogP contribution < -0.4 is 10.6 Å². The van der Waals surface area contributed by atoms with Gasteiger partial charge in [0, 0.05) is 17.7 Å². The van der Waals surface area contributed by atoms with Gasteiger partial charge >= 0.3 is 5.97 Å². The number of carboxylic acids is 1. The third kappa shape index (κ3) is 6.03. The molecule has 0 fully saturated rings. The van der Waals surface area contributed by atoms with Crippen LogP contribution in [0.2, 0.25) is 0 Å². The van der Waals surface area contributed by atoms with Crippen LogP contribution in [0.4, 0.5) is 5.69 Å². The average Bonchev–Trinajstić information content (AvgIpc) is 2.51. The summed E-state index contributed by atoms with van der Waals surface area (Å²) in [5, 5.41) is 24.2. The van der Waals surface area contributed by atoms with Gasteiger partial charge < -0.3 is 15.7 Å². The Bertz CT molecular complexity index is 627. The second kappa shape index (κ2) is 8.61. The molecule has 0 radical (unpaired) electrons. The van der Waals surface area contributed by atoms with E-state index in [1.54, 1.807) is 0 Å². The number of nitro benzene ring substituents is 1. The van der Waals surface area contributed by atoms with E-state index in [0.29, 0.717) is 0 Å². The topological polar surface area (TPSA) is 139 Å². The molecule has 1 aromatic carbocycles. The molecule has 0 heterocycles. The van der Waals surface area contributed by atoms with Crippen molar-refractivity contribution < 1.29 is 24.4 Å². The van der Waals surface area contributed by atoms with Crippen molar-refractivity contribution in [3.05, 3.63) is 39.9 Å². The number of carboxylic acid groups (broad SMARTS) is 1. The molecule has 0 aromatic heterocycles. The van der Waals surface area contributed by atoms with E-state index >= 15 is 0 Å². The lowest BCUT2D eigenvalue weighted by atomic mass is 10.0. The second-order valence-electron chi connectivity index (χ2n) is 5.57. The molecule has 1 atom stereocenters. The highest BCUT2D eigenvalue weighted by Gasteiger charge is 2.21. The van der Waals surface area contributed by atoms with Gasteiger partial charge in [0.15, 0.2) is 0 Å². The fraction of sp³-hybridized carbons (Fsp3) is 0.400. The first-order valence-corrected chi connectivity index (χ1v) is 7.25. The van der Waals surface area contributed by atoms with Crippen LogP contribution in [0.15, 0.2) is 24.3 Å². The monoisotopic (exact) mass is 337 g/mol. The quantitative estimate of drug-likeness (QED) is 0.476. The molecule has 9 nitrogen and oxygen atoms in total. The molecule has 1 rings (SSSR count). The SMILES string of the molecule is CC(C)C[C@H](NC(=O)CNC(=O)c1ccc([N+](=O)[O-])cc1)C(=O)O. The Morgan fingerprint density at radius 1 is 1.21 bits per heavy atom. The first-order chi connectivity index (χ1) is 11.2. The summed E-state index contributed by atoms with van der Waals surface area (Å²) in [6.07, 6.45) is 0.275. The van der Waals surface area contributed by atoms with E-state index in [2.05, 4.69) is 10.6 Å². The Labute approximate surface area is 138 Å². The molecule has 24 heavy (non-hydrogen) atoms. The molecular weight excluding hydrogens is 318 g/mol. The van der Waals surface area contributed by atoms with Gasteiger partial charge in [-0.15, -0.1) is 0 Å². The molecule has 130 valence electrons. The summed E-state index contributed by atoms with van der Waals surface area (Å²) in [4.78, 5) is 44.6. The number of aliphatic carboxylic acids is 1. The third-order valence-electron chi connectivity index (χ3n) is 3.09. The lowest BCUT2D eigenvalue weighted by molar-refractivity contribution is -0.384. The van der Waals surface area contributed by atoms with Crippen LogP contribution in [-0.2, 0) is 9.59 Å². The third-order valence-corrected chi connectivity index (χ3v) is 3.09. The van der Waals surface area contributed by atoms with Gasteiger partial charge in [-0.2, -0.15) is 0 Å². The van der Waals surface area contributed by atoms with Crippen molar-refractivity contribution in [3.8, 4) is 0 Å². The van der Waals surface area contributed by atoms with E-state index in [1.165, 1.54) is 24.3 Å². The summed E-state index contributed by atoms with van der Waals surface area (Å²) in [5.41, 5.74) is 0.00708. The number of rotatable bonds is 8. The number of carbonyl (C=O) groups excluding carboxylic acids is 2. The highest BCUT2D eigenvalue weighted by Crippen LogP contribution is 2.11. The van der Waals surface area contributed by atoms with Crippen molar-refractivity contribution in [1.29, 1.82) is 0 Å². The van der Waals surface area contributed by atoms with E-state index in [-0.39, 0.29) is 23.6 Å². The summed E-state index contributed by atoms with van der Waals surface area (Å²) in [6, 6.07) is 3.87. The number of hydrogen-bond acceptors (Lipinski definition) is 5. The predicted octanol–water partition coefficient (Wildman–Crippen LogP) is 0.940. The Balaban J connectivity index is 2.55. The van der Waals surface area contributed by atoms with Crippen molar-refractivity contribution in [3.63, 3.8) is 0 Å². The van der Waals surface area contributed by atoms with Crippen LogP contribution in [-0.4, -0.2) is 40.4 Å². The number of carbonyl (C=O) groups is 3. The second-order valence-corrected chi connectivity index (χ2v) is 5.57. The number of amides is 2. The Hall–Kier alpha value is -2.97. The first kappa shape index (κ1) is 19.1. The van der Waals surface area contributed by atoms with Crippen molar-refractivity contribution in [1.82, 2.24) is 10.6 Å². The predicted molar refractivity (Wildman–Crippen MR) is 84.5 cm³/mol. The molecule has 2 amide bonds. The summed E-state index contributed by atoms with van der Waals surface area (Å²) in [6.45, 7) is 3.27. The van der Waals surface area contributed by atoms with E-state index in [0.717, 1.165) is 0 Å². The van der Waals surface area contributed by atoms with Gasteiger partial charge in [0.1, 0.15) is 6.04 Å². The molecule has 0 aliphatic rings. The average molecular weight is 337 g/mol. The van der Waals surface area contributed by atoms with E-state index < -0.39 is 35.3 Å². The van der Waals surface area contributed by atoms with E-state index in [1.807, 2.05) is 13.8 Å². The zero-order valence-corrected chi connectivity index (χ0v) is 13.3. The number of nitrogens with one attached hydrogen (secondary N) is 2. The molecular formula is C15H19N3O6. The van der Waals surface area contributed by atoms with Gasteiger partial charge in [-0.1, -0.05) is 13.8 Å². The molecule has 0 saturated carbocycles. The maximum absolute atomic E-state index is 11.9. The normalized spacial score (nSPS) is 11.6.